The predicted molar refractivity (Wildman–Crippen MR) is 50.6 cm³/mol. The predicted octanol–water partition coefficient (Wildman–Crippen LogP) is 0.239. The highest BCUT2D eigenvalue weighted by Crippen LogP contribution is 2.34. The molecule has 6 heteroatoms. The summed E-state index contributed by atoms with van der Waals surface area (Å²) in [6.45, 7) is 0. The van der Waals surface area contributed by atoms with Crippen LogP contribution in [0.1, 0.15) is 32.1 Å². The standard InChI is InChI=1S/C8H15NO4S/c1-14(12,13)8(7(10)9-11)5-3-2-4-6-8/h11H,2-6H2,1H3,(H,9,10). The Morgan fingerprint density at radius 3 is 2.14 bits per heavy atom. The summed E-state index contributed by atoms with van der Waals surface area (Å²) in [6, 6.07) is 0. The molecule has 0 aromatic rings. The molecule has 1 amide bonds. The van der Waals surface area contributed by atoms with Crippen LogP contribution in [0.15, 0.2) is 0 Å². The lowest BCUT2D eigenvalue weighted by molar-refractivity contribution is -0.132. The third-order valence-electron chi connectivity index (χ3n) is 2.89. The van der Waals surface area contributed by atoms with E-state index in [1.54, 1.807) is 0 Å². The second kappa shape index (κ2) is 3.86. The van der Waals surface area contributed by atoms with E-state index in [1.807, 2.05) is 0 Å². The van der Waals surface area contributed by atoms with Gasteiger partial charge in [-0.25, -0.2) is 13.9 Å². The Bertz CT molecular complexity index is 316. The normalized spacial score (nSPS) is 21.6. The first-order valence-electron chi connectivity index (χ1n) is 4.58. The van der Waals surface area contributed by atoms with E-state index < -0.39 is 20.5 Å². The van der Waals surface area contributed by atoms with E-state index in [2.05, 4.69) is 0 Å². The van der Waals surface area contributed by atoms with Gasteiger partial charge in [0.2, 0.25) is 0 Å². The number of rotatable bonds is 2. The minimum Gasteiger partial charge on any atom is -0.289 e. The minimum absolute atomic E-state index is 0.304. The second-order valence-corrected chi connectivity index (χ2v) is 6.09. The molecule has 14 heavy (non-hydrogen) atoms. The van der Waals surface area contributed by atoms with Crippen molar-refractivity contribution < 1.29 is 18.4 Å². The van der Waals surface area contributed by atoms with Gasteiger partial charge in [0.1, 0.15) is 0 Å². The summed E-state index contributed by atoms with van der Waals surface area (Å²) in [5.41, 5.74) is 1.46. The molecule has 0 aromatic heterocycles. The van der Waals surface area contributed by atoms with Crippen molar-refractivity contribution >= 4 is 15.7 Å². The highest BCUT2D eigenvalue weighted by molar-refractivity contribution is 7.92. The van der Waals surface area contributed by atoms with Crippen molar-refractivity contribution in [3.8, 4) is 0 Å². The van der Waals surface area contributed by atoms with Crippen molar-refractivity contribution in [2.24, 2.45) is 0 Å². The Morgan fingerprint density at radius 2 is 1.79 bits per heavy atom. The van der Waals surface area contributed by atoms with Gasteiger partial charge in [0.05, 0.1) is 0 Å². The van der Waals surface area contributed by atoms with Gasteiger partial charge in [-0.15, -0.1) is 0 Å². The Balaban J connectivity index is 3.07. The van der Waals surface area contributed by atoms with Crippen LogP contribution in [0, 0.1) is 0 Å². The minimum atomic E-state index is -3.47. The van der Waals surface area contributed by atoms with Crippen LogP contribution in [0.2, 0.25) is 0 Å². The lowest BCUT2D eigenvalue weighted by atomic mass is 9.88. The van der Waals surface area contributed by atoms with Crippen molar-refractivity contribution in [2.75, 3.05) is 6.26 Å². The number of carbonyl (C=O) groups is 1. The summed E-state index contributed by atoms with van der Waals surface area (Å²) in [5.74, 6) is -0.792. The molecule has 0 aliphatic heterocycles. The van der Waals surface area contributed by atoms with Crippen molar-refractivity contribution in [1.82, 2.24) is 5.48 Å². The van der Waals surface area contributed by atoms with Crippen LogP contribution in [0.25, 0.3) is 0 Å². The molecule has 5 nitrogen and oxygen atoms in total. The molecule has 1 saturated carbocycles. The maximum atomic E-state index is 11.5. The van der Waals surface area contributed by atoms with Gasteiger partial charge in [0.25, 0.3) is 5.91 Å². The molecule has 0 saturated heterocycles. The number of hydrogen-bond acceptors (Lipinski definition) is 4. The monoisotopic (exact) mass is 221 g/mol. The van der Waals surface area contributed by atoms with Gasteiger partial charge in [-0.2, -0.15) is 0 Å². The van der Waals surface area contributed by atoms with Crippen LogP contribution in [0.4, 0.5) is 0 Å². The first kappa shape index (κ1) is 11.5. The summed E-state index contributed by atoms with van der Waals surface area (Å²) < 4.78 is 21.7. The third-order valence-corrected chi connectivity index (χ3v) is 4.90. The largest absolute Gasteiger partial charge is 0.289 e. The summed E-state index contributed by atoms with van der Waals surface area (Å²) in [7, 11) is -3.47. The number of hydroxylamine groups is 1. The average molecular weight is 221 g/mol. The zero-order valence-electron chi connectivity index (χ0n) is 8.12. The molecule has 0 unspecified atom stereocenters. The number of hydrogen-bond donors (Lipinski definition) is 2. The van der Waals surface area contributed by atoms with Crippen molar-refractivity contribution in [2.45, 2.75) is 36.9 Å². The molecule has 0 radical (unpaired) electrons. The van der Waals surface area contributed by atoms with Crippen LogP contribution in [0.5, 0.6) is 0 Å². The zero-order valence-corrected chi connectivity index (χ0v) is 8.93. The molecule has 82 valence electrons. The number of sulfone groups is 1. The van der Waals surface area contributed by atoms with E-state index in [1.165, 1.54) is 5.48 Å². The molecule has 0 atom stereocenters. The van der Waals surface area contributed by atoms with Crippen molar-refractivity contribution in [3.63, 3.8) is 0 Å². The average Bonchev–Trinajstić information content (AvgIpc) is 2.16. The molecular weight excluding hydrogens is 206 g/mol. The summed E-state index contributed by atoms with van der Waals surface area (Å²) in [6.07, 6.45) is 4.01. The summed E-state index contributed by atoms with van der Waals surface area (Å²) in [5, 5.41) is 8.55. The molecule has 0 bridgehead atoms. The fraction of sp³-hybridized carbons (Fsp3) is 0.875. The fourth-order valence-corrected chi connectivity index (χ4v) is 3.40. The first-order valence-corrected chi connectivity index (χ1v) is 6.47. The molecule has 0 heterocycles. The Kier molecular flexibility index (Phi) is 3.16. The molecule has 1 rings (SSSR count). The van der Waals surface area contributed by atoms with Crippen LogP contribution in [-0.2, 0) is 14.6 Å². The second-order valence-electron chi connectivity index (χ2n) is 3.77. The van der Waals surface area contributed by atoms with Gasteiger partial charge < -0.3 is 0 Å². The highest BCUT2D eigenvalue weighted by Gasteiger charge is 2.48. The third kappa shape index (κ3) is 1.76. The zero-order chi connectivity index (χ0) is 10.8. The van der Waals surface area contributed by atoms with E-state index in [9.17, 15) is 13.2 Å². The fourth-order valence-electron chi connectivity index (χ4n) is 1.99. The van der Waals surface area contributed by atoms with Gasteiger partial charge >= 0.3 is 0 Å². The van der Waals surface area contributed by atoms with Gasteiger partial charge in [-0.1, -0.05) is 19.3 Å². The van der Waals surface area contributed by atoms with Crippen LogP contribution in [0.3, 0.4) is 0 Å². The van der Waals surface area contributed by atoms with E-state index in [4.69, 9.17) is 5.21 Å². The van der Waals surface area contributed by atoms with E-state index in [0.29, 0.717) is 25.7 Å². The maximum Gasteiger partial charge on any atom is 0.264 e. The van der Waals surface area contributed by atoms with E-state index in [0.717, 1.165) is 12.7 Å². The molecule has 1 aliphatic rings. The van der Waals surface area contributed by atoms with Crippen molar-refractivity contribution in [1.29, 1.82) is 0 Å². The topological polar surface area (TPSA) is 83.5 Å². The number of amides is 1. The SMILES string of the molecule is CS(=O)(=O)C1(C(=O)NO)CCCCC1. The molecule has 0 spiro atoms. The van der Waals surface area contributed by atoms with Crippen molar-refractivity contribution in [3.05, 3.63) is 0 Å². The van der Waals surface area contributed by atoms with Gasteiger partial charge in [0, 0.05) is 6.26 Å². The Labute approximate surface area is 83.4 Å². The number of carbonyl (C=O) groups excluding carboxylic acids is 1. The molecular formula is C8H15NO4S. The lowest BCUT2D eigenvalue weighted by Gasteiger charge is -2.32. The van der Waals surface area contributed by atoms with Crippen LogP contribution >= 0.6 is 0 Å². The molecule has 2 N–H and O–H groups in total. The van der Waals surface area contributed by atoms with Crippen LogP contribution < -0.4 is 5.48 Å². The lowest BCUT2D eigenvalue weighted by Crippen LogP contribution is -2.52. The molecule has 0 aromatic carbocycles. The summed E-state index contributed by atoms with van der Waals surface area (Å²) in [4.78, 5) is 11.4. The first-order chi connectivity index (χ1) is 6.44. The van der Waals surface area contributed by atoms with Gasteiger partial charge in [-0.3, -0.25) is 10.0 Å². The number of nitrogens with one attached hydrogen (secondary N) is 1. The Hall–Kier alpha value is -0.620. The van der Waals surface area contributed by atoms with E-state index >= 15 is 0 Å². The molecule has 1 aliphatic carbocycles. The van der Waals surface area contributed by atoms with Gasteiger partial charge in [-0.05, 0) is 12.8 Å². The van der Waals surface area contributed by atoms with Gasteiger partial charge in [0.15, 0.2) is 14.6 Å². The highest BCUT2D eigenvalue weighted by atomic mass is 32.2. The summed E-state index contributed by atoms with van der Waals surface area (Å²) >= 11 is 0. The smallest absolute Gasteiger partial charge is 0.264 e. The maximum absolute atomic E-state index is 11.5. The molecule has 1 fully saturated rings. The van der Waals surface area contributed by atoms with E-state index in [-0.39, 0.29) is 0 Å². The quantitative estimate of drug-likeness (QED) is 0.517. The van der Waals surface area contributed by atoms with Crippen LogP contribution in [-0.4, -0.2) is 30.5 Å². The Morgan fingerprint density at radius 1 is 1.29 bits per heavy atom.